The lowest BCUT2D eigenvalue weighted by atomic mass is 10.3. The lowest BCUT2D eigenvalue weighted by Gasteiger charge is -1.88. The van der Waals surface area contributed by atoms with E-state index in [-0.39, 0.29) is 0 Å². The number of hydrogen-bond acceptors (Lipinski definition) is 2. The predicted octanol–water partition coefficient (Wildman–Crippen LogP) is 1.92. The fraction of sp³-hybridized carbons (Fsp3) is 0.143. The molecule has 4 heteroatoms. The van der Waals surface area contributed by atoms with Crippen molar-refractivity contribution in [1.82, 2.24) is 15.2 Å². The van der Waals surface area contributed by atoms with Crippen molar-refractivity contribution in [2.24, 2.45) is 0 Å². The first-order valence-corrected chi connectivity index (χ1v) is 3.61. The zero-order valence-electron chi connectivity index (χ0n) is 5.93. The smallest absolute Gasteiger partial charge is 0.181 e. The molecular weight excluding hydrogens is 162 g/mol. The standard InChI is InChI=1S/C7H6ClN3/c1-4-6-2-5(8)3-9-7(6)11-10-4/h2-3H,1H3,(H,9,10,11). The van der Waals surface area contributed by atoms with Crippen LogP contribution in [-0.4, -0.2) is 15.2 Å². The lowest BCUT2D eigenvalue weighted by molar-refractivity contribution is 1.05. The van der Waals surface area contributed by atoms with Crippen molar-refractivity contribution in [3.8, 4) is 0 Å². The molecule has 0 saturated carbocycles. The van der Waals surface area contributed by atoms with Crippen LogP contribution in [0.4, 0.5) is 0 Å². The van der Waals surface area contributed by atoms with Crippen molar-refractivity contribution in [2.75, 3.05) is 0 Å². The number of aryl methyl sites for hydroxylation is 1. The van der Waals surface area contributed by atoms with Crippen molar-refractivity contribution >= 4 is 22.6 Å². The molecule has 0 fully saturated rings. The molecule has 0 spiro atoms. The number of nitrogens with one attached hydrogen (secondary N) is 1. The molecule has 0 saturated heterocycles. The third-order valence-corrected chi connectivity index (χ3v) is 1.77. The number of rotatable bonds is 0. The molecule has 0 unspecified atom stereocenters. The highest BCUT2D eigenvalue weighted by molar-refractivity contribution is 6.31. The Morgan fingerprint density at radius 3 is 3.18 bits per heavy atom. The summed E-state index contributed by atoms with van der Waals surface area (Å²) in [5.74, 6) is 0. The Bertz CT molecular complexity index is 393. The average molecular weight is 168 g/mol. The van der Waals surface area contributed by atoms with Gasteiger partial charge in [0.1, 0.15) is 0 Å². The monoisotopic (exact) mass is 167 g/mol. The third-order valence-electron chi connectivity index (χ3n) is 1.57. The molecule has 3 nitrogen and oxygen atoms in total. The Kier molecular flexibility index (Phi) is 1.32. The highest BCUT2D eigenvalue weighted by Crippen LogP contribution is 2.16. The van der Waals surface area contributed by atoms with Gasteiger partial charge in [-0.05, 0) is 13.0 Å². The molecule has 2 aromatic rings. The van der Waals surface area contributed by atoms with Crippen molar-refractivity contribution < 1.29 is 0 Å². The number of halogens is 1. The molecule has 0 aliphatic carbocycles. The van der Waals surface area contributed by atoms with E-state index in [2.05, 4.69) is 15.2 Å². The molecule has 0 amide bonds. The summed E-state index contributed by atoms with van der Waals surface area (Å²) < 4.78 is 0. The SMILES string of the molecule is Cc1[nH]nc2ncc(Cl)cc12. The molecule has 1 N–H and O–H groups in total. The van der Waals surface area contributed by atoms with Gasteiger partial charge in [0.05, 0.1) is 5.02 Å². The molecule has 0 atom stereocenters. The highest BCUT2D eigenvalue weighted by Gasteiger charge is 2.01. The van der Waals surface area contributed by atoms with Crippen molar-refractivity contribution in [1.29, 1.82) is 0 Å². The van der Waals surface area contributed by atoms with Gasteiger partial charge in [-0.25, -0.2) is 4.98 Å². The van der Waals surface area contributed by atoms with Crippen LogP contribution in [0.5, 0.6) is 0 Å². The van der Waals surface area contributed by atoms with Crippen LogP contribution in [0, 0.1) is 6.92 Å². The number of aromatic amines is 1. The second kappa shape index (κ2) is 2.20. The Hall–Kier alpha value is -1.09. The van der Waals surface area contributed by atoms with E-state index in [1.54, 1.807) is 6.20 Å². The van der Waals surface area contributed by atoms with Gasteiger partial charge in [-0.1, -0.05) is 11.6 Å². The molecule has 0 aliphatic rings. The fourth-order valence-electron chi connectivity index (χ4n) is 0.994. The summed E-state index contributed by atoms with van der Waals surface area (Å²) >= 11 is 5.74. The predicted molar refractivity (Wildman–Crippen MR) is 43.6 cm³/mol. The zero-order chi connectivity index (χ0) is 7.84. The molecule has 0 aromatic carbocycles. The van der Waals surface area contributed by atoms with Crippen LogP contribution >= 0.6 is 11.6 Å². The minimum absolute atomic E-state index is 0.641. The van der Waals surface area contributed by atoms with Crippen LogP contribution in [0.2, 0.25) is 5.02 Å². The summed E-state index contributed by atoms with van der Waals surface area (Å²) in [6, 6.07) is 1.85. The van der Waals surface area contributed by atoms with Gasteiger partial charge in [-0.2, -0.15) is 5.10 Å². The van der Waals surface area contributed by atoms with Crippen LogP contribution in [0.15, 0.2) is 12.3 Å². The van der Waals surface area contributed by atoms with Crippen LogP contribution < -0.4 is 0 Å². The summed E-state index contributed by atoms with van der Waals surface area (Å²) in [5, 5.41) is 8.42. The molecule has 0 aliphatic heterocycles. The van der Waals surface area contributed by atoms with Crippen LogP contribution in [-0.2, 0) is 0 Å². The third kappa shape index (κ3) is 0.973. The van der Waals surface area contributed by atoms with E-state index in [0.717, 1.165) is 11.1 Å². The summed E-state index contributed by atoms with van der Waals surface area (Å²) in [6.07, 6.45) is 1.59. The lowest BCUT2D eigenvalue weighted by Crippen LogP contribution is -1.74. The first-order chi connectivity index (χ1) is 5.27. The number of H-pyrrole nitrogens is 1. The van der Waals surface area contributed by atoms with E-state index in [1.165, 1.54) is 0 Å². The minimum Gasteiger partial charge on any atom is -0.280 e. The van der Waals surface area contributed by atoms with Gasteiger partial charge in [-0.15, -0.1) is 0 Å². The summed E-state index contributed by atoms with van der Waals surface area (Å²) in [5.41, 5.74) is 1.71. The molecule has 0 radical (unpaired) electrons. The largest absolute Gasteiger partial charge is 0.280 e. The van der Waals surface area contributed by atoms with E-state index in [1.807, 2.05) is 13.0 Å². The molecule has 56 valence electrons. The zero-order valence-corrected chi connectivity index (χ0v) is 6.68. The fourth-order valence-corrected chi connectivity index (χ4v) is 1.15. The van der Waals surface area contributed by atoms with E-state index < -0.39 is 0 Å². The normalized spacial score (nSPS) is 10.7. The summed E-state index contributed by atoms with van der Waals surface area (Å²) in [7, 11) is 0. The first kappa shape index (κ1) is 6.61. The van der Waals surface area contributed by atoms with Gasteiger partial charge in [0, 0.05) is 17.3 Å². The van der Waals surface area contributed by atoms with Crippen LogP contribution in [0.25, 0.3) is 11.0 Å². The van der Waals surface area contributed by atoms with Gasteiger partial charge in [-0.3, -0.25) is 5.10 Å². The van der Waals surface area contributed by atoms with Crippen LogP contribution in [0.1, 0.15) is 5.69 Å². The number of pyridine rings is 1. The second-order valence-electron chi connectivity index (χ2n) is 2.37. The Morgan fingerprint density at radius 1 is 1.55 bits per heavy atom. The van der Waals surface area contributed by atoms with Crippen molar-refractivity contribution in [3.05, 3.63) is 23.0 Å². The van der Waals surface area contributed by atoms with E-state index in [9.17, 15) is 0 Å². The Labute approximate surface area is 68.4 Å². The van der Waals surface area contributed by atoms with Crippen molar-refractivity contribution in [2.45, 2.75) is 6.92 Å². The van der Waals surface area contributed by atoms with Gasteiger partial charge in [0.15, 0.2) is 5.65 Å². The van der Waals surface area contributed by atoms with Gasteiger partial charge in [0.2, 0.25) is 0 Å². The van der Waals surface area contributed by atoms with Crippen molar-refractivity contribution in [3.63, 3.8) is 0 Å². The molecule has 0 bridgehead atoms. The number of nitrogens with zero attached hydrogens (tertiary/aromatic N) is 2. The van der Waals surface area contributed by atoms with E-state index in [4.69, 9.17) is 11.6 Å². The van der Waals surface area contributed by atoms with E-state index >= 15 is 0 Å². The maximum atomic E-state index is 5.74. The number of hydrogen-bond donors (Lipinski definition) is 1. The quantitative estimate of drug-likeness (QED) is 0.652. The maximum Gasteiger partial charge on any atom is 0.181 e. The Morgan fingerprint density at radius 2 is 2.36 bits per heavy atom. The minimum atomic E-state index is 0.641. The molecule has 2 aromatic heterocycles. The highest BCUT2D eigenvalue weighted by atomic mass is 35.5. The topological polar surface area (TPSA) is 41.6 Å². The number of fused-ring (bicyclic) bond motifs is 1. The van der Waals surface area contributed by atoms with Gasteiger partial charge >= 0.3 is 0 Å². The van der Waals surface area contributed by atoms with E-state index in [0.29, 0.717) is 10.7 Å². The van der Waals surface area contributed by atoms with Gasteiger partial charge in [0.25, 0.3) is 0 Å². The molecule has 2 rings (SSSR count). The summed E-state index contributed by atoms with van der Waals surface area (Å²) in [4.78, 5) is 4.03. The molecule has 11 heavy (non-hydrogen) atoms. The average Bonchev–Trinajstić information content (AvgIpc) is 2.33. The molecular formula is C7H6ClN3. The number of aromatic nitrogens is 3. The first-order valence-electron chi connectivity index (χ1n) is 3.23. The van der Waals surface area contributed by atoms with Crippen LogP contribution in [0.3, 0.4) is 0 Å². The second-order valence-corrected chi connectivity index (χ2v) is 2.81. The summed E-state index contributed by atoms with van der Waals surface area (Å²) in [6.45, 7) is 1.94. The Balaban J connectivity index is 2.87. The molecule has 2 heterocycles. The van der Waals surface area contributed by atoms with Gasteiger partial charge < -0.3 is 0 Å². The maximum absolute atomic E-state index is 5.74.